The van der Waals surface area contributed by atoms with E-state index >= 15 is 0 Å². The number of halogens is 1. The zero-order chi connectivity index (χ0) is 17.5. The molecule has 0 radical (unpaired) electrons. The molecule has 1 amide bonds. The van der Waals surface area contributed by atoms with E-state index < -0.39 is 0 Å². The molecule has 1 unspecified atom stereocenters. The number of hydrogen-bond donors (Lipinski definition) is 1. The topological polar surface area (TPSA) is 41.6 Å². The zero-order valence-corrected chi connectivity index (χ0v) is 14.2. The molecule has 1 heterocycles. The highest BCUT2D eigenvalue weighted by Gasteiger charge is 2.21. The maximum absolute atomic E-state index is 13.4. The Bertz CT molecular complexity index is 687. The second-order valence-electron chi connectivity index (χ2n) is 6.35. The number of anilines is 1. The van der Waals surface area contributed by atoms with Crippen molar-refractivity contribution in [2.24, 2.45) is 0 Å². The standard InChI is InChI=1S/C20H23FN2O2/c21-17-7-4-6-16(12-17)13-23(14-19-10-5-11-25-19)15-20(24)22-18-8-2-1-3-9-18/h1-4,6-9,12,19H,5,10-11,13-15H2,(H,22,24). The maximum atomic E-state index is 13.4. The van der Waals surface area contributed by atoms with E-state index in [0.29, 0.717) is 13.1 Å². The van der Waals surface area contributed by atoms with Crippen LogP contribution in [0.4, 0.5) is 10.1 Å². The van der Waals surface area contributed by atoms with Gasteiger partial charge in [-0.15, -0.1) is 0 Å². The lowest BCUT2D eigenvalue weighted by atomic mass is 10.1. The van der Waals surface area contributed by atoms with Crippen LogP contribution in [0.1, 0.15) is 18.4 Å². The van der Waals surface area contributed by atoms with E-state index in [1.54, 1.807) is 6.07 Å². The molecule has 5 heteroatoms. The van der Waals surface area contributed by atoms with Crippen LogP contribution in [-0.2, 0) is 16.1 Å². The second-order valence-corrected chi connectivity index (χ2v) is 6.35. The Morgan fingerprint density at radius 1 is 1.20 bits per heavy atom. The van der Waals surface area contributed by atoms with Crippen molar-refractivity contribution in [1.82, 2.24) is 4.90 Å². The van der Waals surface area contributed by atoms with Gasteiger partial charge in [-0.05, 0) is 42.7 Å². The molecule has 0 aromatic heterocycles. The zero-order valence-electron chi connectivity index (χ0n) is 14.2. The summed E-state index contributed by atoms with van der Waals surface area (Å²) in [6.45, 7) is 2.19. The van der Waals surface area contributed by atoms with Crippen LogP contribution in [0.3, 0.4) is 0 Å². The summed E-state index contributed by atoms with van der Waals surface area (Å²) in [5.41, 5.74) is 1.63. The van der Waals surface area contributed by atoms with Gasteiger partial charge in [-0.3, -0.25) is 9.69 Å². The molecule has 2 aromatic carbocycles. The summed E-state index contributed by atoms with van der Waals surface area (Å²) in [5.74, 6) is -0.344. The SMILES string of the molecule is O=C(CN(Cc1cccc(F)c1)CC1CCCO1)Nc1ccccc1. The fourth-order valence-electron chi connectivity index (χ4n) is 3.08. The van der Waals surface area contributed by atoms with E-state index in [4.69, 9.17) is 4.74 Å². The van der Waals surface area contributed by atoms with Gasteiger partial charge in [-0.1, -0.05) is 30.3 Å². The lowest BCUT2D eigenvalue weighted by Gasteiger charge is -2.24. The van der Waals surface area contributed by atoms with Crippen molar-refractivity contribution in [2.75, 3.05) is 25.0 Å². The average molecular weight is 342 g/mol. The smallest absolute Gasteiger partial charge is 0.238 e. The van der Waals surface area contributed by atoms with Crippen LogP contribution in [0.25, 0.3) is 0 Å². The van der Waals surface area contributed by atoms with Crippen molar-refractivity contribution in [3.05, 3.63) is 66.0 Å². The minimum Gasteiger partial charge on any atom is -0.377 e. The van der Waals surface area contributed by atoms with Crippen molar-refractivity contribution in [3.8, 4) is 0 Å². The Morgan fingerprint density at radius 3 is 2.76 bits per heavy atom. The van der Waals surface area contributed by atoms with Gasteiger partial charge in [-0.25, -0.2) is 4.39 Å². The van der Waals surface area contributed by atoms with Crippen molar-refractivity contribution < 1.29 is 13.9 Å². The molecule has 1 saturated heterocycles. The molecule has 4 nitrogen and oxygen atoms in total. The maximum Gasteiger partial charge on any atom is 0.238 e. The Balaban J connectivity index is 1.63. The summed E-state index contributed by atoms with van der Waals surface area (Å²) in [5, 5.41) is 2.90. The molecule has 1 aliphatic heterocycles. The molecule has 1 N–H and O–H groups in total. The van der Waals surface area contributed by atoms with Crippen LogP contribution in [0.2, 0.25) is 0 Å². The molecule has 25 heavy (non-hydrogen) atoms. The monoisotopic (exact) mass is 342 g/mol. The fraction of sp³-hybridized carbons (Fsp3) is 0.350. The number of para-hydroxylation sites is 1. The summed E-state index contributed by atoms with van der Waals surface area (Å²) < 4.78 is 19.1. The fourth-order valence-corrected chi connectivity index (χ4v) is 3.08. The predicted molar refractivity (Wildman–Crippen MR) is 95.7 cm³/mol. The summed E-state index contributed by atoms with van der Waals surface area (Å²) in [4.78, 5) is 14.4. The number of hydrogen-bond acceptors (Lipinski definition) is 3. The largest absolute Gasteiger partial charge is 0.377 e. The van der Waals surface area contributed by atoms with Crippen LogP contribution < -0.4 is 5.32 Å². The normalized spacial score (nSPS) is 17.0. The van der Waals surface area contributed by atoms with Gasteiger partial charge in [0.05, 0.1) is 12.6 Å². The Morgan fingerprint density at radius 2 is 2.04 bits per heavy atom. The number of benzene rings is 2. The third kappa shape index (κ3) is 5.66. The lowest BCUT2D eigenvalue weighted by molar-refractivity contribution is -0.117. The van der Waals surface area contributed by atoms with Crippen LogP contribution in [0.15, 0.2) is 54.6 Å². The van der Waals surface area contributed by atoms with Gasteiger partial charge in [0, 0.05) is 25.4 Å². The first kappa shape index (κ1) is 17.6. The van der Waals surface area contributed by atoms with Crippen LogP contribution >= 0.6 is 0 Å². The van der Waals surface area contributed by atoms with Gasteiger partial charge in [0.2, 0.25) is 5.91 Å². The summed E-state index contributed by atoms with van der Waals surface area (Å²) in [6, 6.07) is 15.9. The van der Waals surface area contributed by atoms with Gasteiger partial charge in [0.25, 0.3) is 0 Å². The van der Waals surface area contributed by atoms with Crippen LogP contribution in [0, 0.1) is 5.82 Å². The number of ether oxygens (including phenoxy) is 1. The highest BCUT2D eigenvalue weighted by atomic mass is 19.1. The Hall–Kier alpha value is -2.24. The molecule has 2 aromatic rings. The second kappa shape index (κ2) is 8.74. The molecular formula is C20H23FN2O2. The molecule has 1 fully saturated rings. The molecule has 1 atom stereocenters. The average Bonchev–Trinajstić information content (AvgIpc) is 3.08. The van der Waals surface area contributed by atoms with Gasteiger partial charge in [0.1, 0.15) is 5.82 Å². The highest BCUT2D eigenvalue weighted by Crippen LogP contribution is 2.16. The summed E-state index contributed by atoms with van der Waals surface area (Å²) in [7, 11) is 0. The minimum absolute atomic E-state index is 0.0828. The Kier molecular flexibility index (Phi) is 6.14. The molecule has 1 aliphatic rings. The van der Waals surface area contributed by atoms with Crippen LogP contribution in [-0.4, -0.2) is 36.6 Å². The van der Waals surface area contributed by atoms with Gasteiger partial charge in [-0.2, -0.15) is 0 Å². The van der Waals surface area contributed by atoms with Gasteiger partial charge in [0.15, 0.2) is 0 Å². The van der Waals surface area contributed by atoms with E-state index in [9.17, 15) is 9.18 Å². The number of nitrogens with one attached hydrogen (secondary N) is 1. The van der Waals surface area contributed by atoms with Gasteiger partial charge >= 0.3 is 0 Å². The van der Waals surface area contributed by atoms with Crippen LogP contribution in [0.5, 0.6) is 0 Å². The quantitative estimate of drug-likeness (QED) is 0.838. The van der Waals surface area contributed by atoms with Crippen molar-refractivity contribution in [1.29, 1.82) is 0 Å². The number of nitrogens with zero attached hydrogens (tertiary/aromatic N) is 1. The van der Waals surface area contributed by atoms with Gasteiger partial charge < -0.3 is 10.1 Å². The van der Waals surface area contributed by atoms with E-state index in [1.807, 2.05) is 41.3 Å². The number of rotatable bonds is 7. The summed E-state index contributed by atoms with van der Waals surface area (Å²) in [6.07, 6.45) is 2.19. The number of amides is 1. The first-order valence-electron chi connectivity index (χ1n) is 8.62. The minimum atomic E-state index is -0.261. The third-order valence-electron chi connectivity index (χ3n) is 4.21. The Labute approximate surface area is 147 Å². The number of carbonyl (C=O) groups is 1. The van der Waals surface area contributed by atoms with E-state index in [1.165, 1.54) is 12.1 Å². The predicted octanol–water partition coefficient (Wildman–Crippen LogP) is 3.45. The molecule has 0 bridgehead atoms. The third-order valence-corrected chi connectivity index (χ3v) is 4.21. The van der Waals surface area contributed by atoms with Crippen molar-refractivity contribution in [2.45, 2.75) is 25.5 Å². The van der Waals surface area contributed by atoms with Crippen molar-refractivity contribution >= 4 is 11.6 Å². The lowest BCUT2D eigenvalue weighted by Crippen LogP contribution is -2.37. The highest BCUT2D eigenvalue weighted by molar-refractivity contribution is 5.92. The first-order chi connectivity index (χ1) is 12.2. The van der Waals surface area contributed by atoms with Crippen molar-refractivity contribution in [3.63, 3.8) is 0 Å². The molecule has 0 aliphatic carbocycles. The molecular weight excluding hydrogens is 319 g/mol. The van der Waals surface area contributed by atoms with E-state index in [0.717, 1.165) is 30.7 Å². The molecule has 3 rings (SSSR count). The molecule has 0 spiro atoms. The van der Waals surface area contributed by atoms with E-state index in [2.05, 4.69) is 5.32 Å². The van der Waals surface area contributed by atoms with E-state index in [-0.39, 0.29) is 24.4 Å². The number of carbonyl (C=O) groups excluding carboxylic acids is 1. The molecule has 132 valence electrons. The summed E-state index contributed by atoms with van der Waals surface area (Å²) >= 11 is 0. The molecule has 0 saturated carbocycles. The first-order valence-corrected chi connectivity index (χ1v) is 8.62.